The van der Waals surface area contributed by atoms with Crippen LogP contribution in [0.2, 0.25) is 0 Å². The SMILES string of the molecule is O=C(COc1ccccc1)c1ccoc1. The summed E-state index contributed by atoms with van der Waals surface area (Å²) in [6, 6.07) is 10.8. The van der Waals surface area contributed by atoms with Gasteiger partial charge in [-0.1, -0.05) is 18.2 Å². The highest BCUT2D eigenvalue weighted by Gasteiger charge is 2.07. The average Bonchev–Trinajstić information content (AvgIpc) is 2.81. The summed E-state index contributed by atoms with van der Waals surface area (Å²) < 4.78 is 10.1. The van der Waals surface area contributed by atoms with Gasteiger partial charge in [0.25, 0.3) is 0 Å². The molecule has 1 aromatic carbocycles. The molecule has 0 saturated carbocycles. The van der Waals surface area contributed by atoms with Gasteiger partial charge in [0.1, 0.15) is 12.0 Å². The highest BCUT2D eigenvalue weighted by Crippen LogP contribution is 2.09. The molecule has 0 atom stereocenters. The van der Waals surface area contributed by atoms with Crippen molar-refractivity contribution in [2.24, 2.45) is 0 Å². The topological polar surface area (TPSA) is 39.4 Å². The van der Waals surface area contributed by atoms with Crippen LogP contribution in [0.4, 0.5) is 0 Å². The van der Waals surface area contributed by atoms with E-state index in [2.05, 4.69) is 0 Å². The second-order valence-corrected chi connectivity index (χ2v) is 3.04. The van der Waals surface area contributed by atoms with Gasteiger partial charge >= 0.3 is 0 Å². The van der Waals surface area contributed by atoms with Crippen molar-refractivity contribution in [3.63, 3.8) is 0 Å². The largest absolute Gasteiger partial charge is 0.485 e. The minimum atomic E-state index is -0.0902. The van der Waals surface area contributed by atoms with E-state index < -0.39 is 0 Å². The van der Waals surface area contributed by atoms with Gasteiger partial charge in [-0.2, -0.15) is 0 Å². The van der Waals surface area contributed by atoms with Crippen LogP contribution in [0.5, 0.6) is 5.75 Å². The molecule has 0 aliphatic heterocycles. The molecule has 0 aliphatic rings. The van der Waals surface area contributed by atoms with E-state index in [1.807, 2.05) is 30.3 Å². The van der Waals surface area contributed by atoms with Crippen molar-refractivity contribution in [2.45, 2.75) is 0 Å². The van der Waals surface area contributed by atoms with Gasteiger partial charge in [0, 0.05) is 0 Å². The lowest BCUT2D eigenvalue weighted by atomic mass is 10.2. The Bertz CT molecular complexity index is 417. The number of benzene rings is 1. The molecule has 0 bridgehead atoms. The standard InChI is InChI=1S/C12H10O3/c13-12(10-6-7-14-8-10)9-15-11-4-2-1-3-5-11/h1-8H,9H2. The minimum absolute atomic E-state index is 0.0313. The van der Waals surface area contributed by atoms with Crippen molar-refractivity contribution in [1.29, 1.82) is 0 Å². The molecule has 0 unspecified atom stereocenters. The smallest absolute Gasteiger partial charge is 0.203 e. The molecule has 0 aliphatic carbocycles. The number of para-hydroxylation sites is 1. The summed E-state index contributed by atoms with van der Waals surface area (Å²) in [6.45, 7) is 0.0313. The van der Waals surface area contributed by atoms with Gasteiger partial charge in [0.05, 0.1) is 11.8 Å². The van der Waals surface area contributed by atoms with Crippen LogP contribution in [0.15, 0.2) is 53.3 Å². The Morgan fingerprint density at radius 1 is 1.20 bits per heavy atom. The van der Waals surface area contributed by atoms with Crippen molar-refractivity contribution < 1.29 is 13.9 Å². The number of furan rings is 1. The molecule has 3 nitrogen and oxygen atoms in total. The quantitative estimate of drug-likeness (QED) is 0.715. The van der Waals surface area contributed by atoms with Crippen LogP contribution in [0.25, 0.3) is 0 Å². The van der Waals surface area contributed by atoms with Crippen LogP contribution in [-0.4, -0.2) is 12.4 Å². The average molecular weight is 202 g/mol. The molecule has 3 heteroatoms. The van der Waals surface area contributed by atoms with Gasteiger partial charge in [-0.3, -0.25) is 4.79 Å². The summed E-state index contributed by atoms with van der Waals surface area (Å²) in [6.07, 6.45) is 2.88. The number of carbonyl (C=O) groups excluding carboxylic acids is 1. The molecule has 0 N–H and O–H groups in total. The predicted octanol–water partition coefficient (Wildman–Crippen LogP) is 2.54. The Morgan fingerprint density at radius 3 is 2.67 bits per heavy atom. The number of hydrogen-bond donors (Lipinski definition) is 0. The molecule has 76 valence electrons. The molecule has 1 heterocycles. The zero-order chi connectivity index (χ0) is 10.5. The summed E-state index contributed by atoms with van der Waals surface area (Å²) in [5.74, 6) is 0.599. The molecule has 0 saturated heterocycles. The van der Waals surface area contributed by atoms with Crippen molar-refractivity contribution in [3.8, 4) is 5.75 Å². The van der Waals surface area contributed by atoms with Gasteiger partial charge in [-0.15, -0.1) is 0 Å². The number of Topliss-reactive ketones (excluding diaryl/α,β-unsaturated/α-hetero) is 1. The van der Waals surface area contributed by atoms with Crippen LogP contribution >= 0.6 is 0 Å². The maximum atomic E-state index is 11.5. The van der Waals surface area contributed by atoms with Crippen molar-refractivity contribution in [3.05, 3.63) is 54.5 Å². The van der Waals surface area contributed by atoms with E-state index in [1.54, 1.807) is 6.07 Å². The second-order valence-electron chi connectivity index (χ2n) is 3.04. The van der Waals surface area contributed by atoms with E-state index in [1.165, 1.54) is 12.5 Å². The van der Waals surface area contributed by atoms with Crippen LogP contribution in [0.3, 0.4) is 0 Å². The zero-order valence-corrected chi connectivity index (χ0v) is 8.05. The Balaban J connectivity index is 1.92. The lowest BCUT2D eigenvalue weighted by Gasteiger charge is -2.03. The summed E-state index contributed by atoms with van der Waals surface area (Å²) >= 11 is 0. The second kappa shape index (κ2) is 4.46. The van der Waals surface area contributed by atoms with E-state index in [0.29, 0.717) is 11.3 Å². The van der Waals surface area contributed by atoms with Gasteiger partial charge in [-0.25, -0.2) is 0 Å². The molecule has 1 aromatic heterocycles. The Morgan fingerprint density at radius 2 is 2.00 bits per heavy atom. The lowest BCUT2D eigenvalue weighted by molar-refractivity contribution is 0.0921. The number of ketones is 1. The number of ether oxygens (including phenoxy) is 1. The summed E-state index contributed by atoms with van der Waals surface area (Å²) in [5.41, 5.74) is 0.533. The van der Waals surface area contributed by atoms with Gasteiger partial charge in [0.2, 0.25) is 5.78 Å². The molecule has 0 spiro atoms. The van der Waals surface area contributed by atoms with Crippen LogP contribution in [-0.2, 0) is 0 Å². The van der Waals surface area contributed by atoms with E-state index >= 15 is 0 Å². The fourth-order valence-electron chi connectivity index (χ4n) is 1.17. The van der Waals surface area contributed by atoms with Gasteiger partial charge in [-0.05, 0) is 18.2 Å². The molecule has 0 radical (unpaired) electrons. The summed E-state index contributed by atoms with van der Waals surface area (Å²) in [5, 5.41) is 0. The third-order valence-corrected chi connectivity index (χ3v) is 1.96. The first-order valence-corrected chi connectivity index (χ1v) is 4.59. The molecular weight excluding hydrogens is 192 g/mol. The van der Waals surface area contributed by atoms with Crippen molar-refractivity contribution in [2.75, 3.05) is 6.61 Å². The lowest BCUT2D eigenvalue weighted by Crippen LogP contribution is -2.10. The summed E-state index contributed by atoms with van der Waals surface area (Å²) in [4.78, 5) is 11.5. The number of carbonyl (C=O) groups is 1. The van der Waals surface area contributed by atoms with Gasteiger partial charge < -0.3 is 9.15 Å². The minimum Gasteiger partial charge on any atom is -0.485 e. The molecule has 0 fully saturated rings. The molecule has 2 rings (SSSR count). The number of rotatable bonds is 4. The van der Waals surface area contributed by atoms with E-state index in [4.69, 9.17) is 9.15 Å². The first-order chi connectivity index (χ1) is 7.36. The monoisotopic (exact) mass is 202 g/mol. The molecular formula is C12H10O3. The maximum Gasteiger partial charge on any atom is 0.203 e. The molecule has 2 aromatic rings. The van der Waals surface area contributed by atoms with Crippen LogP contribution in [0.1, 0.15) is 10.4 Å². The first-order valence-electron chi connectivity index (χ1n) is 4.59. The molecule has 15 heavy (non-hydrogen) atoms. The summed E-state index contributed by atoms with van der Waals surface area (Å²) in [7, 11) is 0. The Kier molecular flexibility index (Phi) is 2.83. The Hall–Kier alpha value is -2.03. The van der Waals surface area contributed by atoms with Crippen molar-refractivity contribution in [1.82, 2.24) is 0 Å². The van der Waals surface area contributed by atoms with Crippen LogP contribution < -0.4 is 4.74 Å². The zero-order valence-electron chi connectivity index (χ0n) is 8.05. The maximum absolute atomic E-state index is 11.5. The van der Waals surface area contributed by atoms with Gasteiger partial charge in [0.15, 0.2) is 6.61 Å². The Labute approximate surface area is 87.3 Å². The molecule has 0 amide bonds. The van der Waals surface area contributed by atoms with Crippen LogP contribution in [0, 0.1) is 0 Å². The van der Waals surface area contributed by atoms with Crippen molar-refractivity contribution >= 4 is 5.78 Å². The third-order valence-electron chi connectivity index (χ3n) is 1.96. The highest BCUT2D eigenvalue weighted by atomic mass is 16.5. The van der Waals surface area contributed by atoms with E-state index in [-0.39, 0.29) is 12.4 Å². The predicted molar refractivity (Wildman–Crippen MR) is 55.0 cm³/mol. The highest BCUT2D eigenvalue weighted by molar-refractivity contribution is 5.96. The normalized spacial score (nSPS) is 9.87. The number of hydrogen-bond acceptors (Lipinski definition) is 3. The fraction of sp³-hybridized carbons (Fsp3) is 0.0833. The van der Waals surface area contributed by atoms with E-state index in [0.717, 1.165) is 0 Å². The van der Waals surface area contributed by atoms with E-state index in [9.17, 15) is 4.79 Å². The third kappa shape index (κ3) is 2.47. The fourth-order valence-corrected chi connectivity index (χ4v) is 1.17. The first kappa shape index (κ1) is 9.52.